The first-order valence-electron chi connectivity index (χ1n) is 5.20. The number of carboxylic acid groups (broad SMARTS) is 1. The average Bonchev–Trinajstić information content (AvgIpc) is 2.17. The second-order valence-corrected chi connectivity index (χ2v) is 3.61. The first-order chi connectivity index (χ1) is 6.95. The molecule has 88 valence electrons. The number of nitrogens with zero attached hydrogens (tertiary/aromatic N) is 1. The second kappa shape index (κ2) is 6.40. The molecule has 5 nitrogen and oxygen atoms in total. The molecule has 0 heterocycles. The largest absolute Gasteiger partial charge is 0.480 e. The predicted molar refractivity (Wildman–Crippen MR) is 57.4 cm³/mol. The zero-order chi connectivity index (χ0) is 12.0. The smallest absolute Gasteiger partial charge is 0.326 e. The van der Waals surface area contributed by atoms with Crippen LogP contribution < -0.4 is 5.73 Å². The minimum absolute atomic E-state index is 0.300. The van der Waals surface area contributed by atoms with Crippen LogP contribution in [0, 0.1) is 0 Å². The molecule has 5 heteroatoms. The zero-order valence-corrected chi connectivity index (χ0v) is 9.56. The molecule has 0 aromatic carbocycles. The van der Waals surface area contributed by atoms with Crippen LogP contribution in [0.4, 0.5) is 0 Å². The summed E-state index contributed by atoms with van der Waals surface area (Å²) in [5.74, 6) is -1.29. The van der Waals surface area contributed by atoms with Gasteiger partial charge in [-0.2, -0.15) is 0 Å². The highest BCUT2D eigenvalue weighted by atomic mass is 16.4. The summed E-state index contributed by atoms with van der Waals surface area (Å²) in [4.78, 5) is 23.7. The molecule has 0 saturated carbocycles. The van der Waals surface area contributed by atoms with E-state index in [4.69, 9.17) is 10.8 Å². The van der Waals surface area contributed by atoms with Crippen molar-refractivity contribution < 1.29 is 14.7 Å². The number of rotatable bonds is 6. The van der Waals surface area contributed by atoms with Crippen molar-refractivity contribution in [3.63, 3.8) is 0 Å². The average molecular weight is 216 g/mol. The number of carbonyl (C=O) groups is 2. The molecule has 2 atom stereocenters. The molecule has 0 aliphatic rings. The van der Waals surface area contributed by atoms with Crippen LogP contribution in [-0.4, -0.2) is 41.0 Å². The molecule has 0 fully saturated rings. The topological polar surface area (TPSA) is 83.6 Å². The molecule has 0 radical (unpaired) electrons. The first-order valence-corrected chi connectivity index (χ1v) is 5.20. The summed E-state index contributed by atoms with van der Waals surface area (Å²) >= 11 is 0. The lowest BCUT2D eigenvalue weighted by molar-refractivity contribution is -0.149. The zero-order valence-electron chi connectivity index (χ0n) is 9.56. The monoisotopic (exact) mass is 216 g/mol. The molecular weight excluding hydrogens is 196 g/mol. The molecule has 0 bridgehead atoms. The van der Waals surface area contributed by atoms with Crippen LogP contribution in [0.1, 0.15) is 33.1 Å². The summed E-state index contributed by atoms with van der Waals surface area (Å²) in [5.41, 5.74) is 5.64. The van der Waals surface area contributed by atoms with Crippen LogP contribution in [0.3, 0.4) is 0 Å². The highest BCUT2D eigenvalue weighted by Crippen LogP contribution is 2.06. The Morgan fingerprint density at radius 1 is 1.40 bits per heavy atom. The maximum Gasteiger partial charge on any atom is 0.326 e. The van der Waals surface area contributed by atoms with Gasteiger partial charge in [-0.05, 0) is 12.8 Å². The van der Waals surface area contributed by atoms with Gasteiger partial charge >= 0.3 is 5.97 Å². The van der Waals surface area contributed by atoms with Crippen LogP contribution in [0.5, 0.6) is 0 Å². The van der Waals surface area contributed by atoms with Crippen molar-refractivity contribution in [3.8, 4) is 0 Å². The molecule has 1 amide bonds. The summed E-state index contributed by atoms with van der Waals surface area (Å²) in [5, 5.41) is 8.87. The quantitative estimate of drug-likeness (QED) is 0.674. The predicted octanol–water partition coefficient (Wildman–Crippen LogP) is 0.435. The molecular formula is C10H20N2O3. The van der Waals surface area contributed by atoms with E-state index in [0.29, 0.717) is 12.8 Å². The molecule has 3 N–H and O–H groups in total. The lowest BCUT2D eigenvalue weighted by atomic mass is 10.1. The first kappa shape index (κ1) is 13.9. The Bertz CT molecular complexity index is 231. The Kier molecular flexibility index (Phi) is 5.93. The lowest BCUT2D eigenvalue weighted by Gasteiger charge is -2.26. The standard InChI is InChI=1S/C10H20N2O3/c1-4-6-7(11)9(13)12(3)8(5-2)10(14)15/h7-8H,4-6,11H2,1-3H3,(H,14,15). The number of amides is 1. The van der Waals surface area contributed by atoms with Gasteiger partial charge in [-0.3, -0.25) is 4.79 Å². The third kappa shape index (κ3) is 3.87. The van der Waals surface area contributed by atoms with Crippen molar-refractivity contribution >= 4 is 11.9 Å². The SMILES string of the molecule is CCCC(N)C(=O)N(C)C(CC)C(=O)O. The van der Waals surface area contributed by atoms with Gasteiger partial charge in [-0.25, -0.2) is 4.79 Å². The number of aliphatic carboxylic acids is 1. The van der Waals surface area contributed by atoms with Crippen molar-refractivity contribution in [2.45, 2.75) is 45.2 Å². The third-order valence-corrected chi connectivity index (χ3v) is 2.40. The molecule has 0 spiro atoms. The molecule has 15 heavy (non-hydrogen) atoms. The summed E-state index contributed by atoms with van der Waals surface area (Å²) in [6.45, 7) is 3.66. The van der Waals surface area contributed by atoms with Crippen LogP contribution >= 0.6 is 0 Å². The minimum Gasteiger partial charge on any atom is -0.480 e. The molecule has 0 aromatic heterocycles. The normalized spacial score (nSPS) is 14.4. The van der Waals surface area contributed by atoms with E-state index in [1.165, 1.54) is 11.9 Å². The number of nitrogens with two attached hydrogens (primary N) is 1. The number of hydrogen-bond donors (Lipinski definition) is 2. The Morgan fingerprint density at radius 3 is 2.27 bits per heavy atom. The van der Waals surface area contributed by atoms with Gasteiger partial charge in [-0.15, -0.1) is 0 Å². The van der Waals surface area contributed by atoms with E-state index in [1.807, 2.05) is 6.92 Å². The van der Waals surface area contributed by atoms with Crippen molar-refractivity contribution in [3.05, 3.63) is 0 Å². The van der Waals surface area contributed by atoms with E-state index in [1.54, 1.807) is 6.92 Å². The maximum atomic E-state index is 11.7. The van der Waals surface area contributed by atoms with Crippen molar-refractivity contribution in [2.75, 3.05) is 7.05 Å². The van der Waals surface area contributed by atoms with Crippen molar-refractivity contribution in [1.82, 2.24) is 4.90 Å². The Labute approximate surface area is 90.2 Å². The van der Waals surface area contributed by atoms with Crippen molar-refractivity contribution in [1.29, 1.82) is 0 Å². The fraction of sp³-hybridized carbons (Fsp3) is 0.800. The minimum atomic E-state index is -0.989. The highest BCUT2D eigenvalue weighted by Gasteiger charge is 2.27. The van der Waals surface area contributed by atoms with Crippen LogP contribution in [0.15, 0.2) is 0 Å². The Balaban J connectivity index is 4.47. The Morgan fingerprint density at radius 2 is 1.93 bits per heavy atom. The molecule has 0 rings (SSSR count). The summed E-state index contributed by atoms with van der Waals surface area (Å²) in [6, 6.07) is -1.37. The van der Waals surface area contributed by atoms with Gasteiger partial charge in [0.2, 0.25) is 5.91 Å². The highest BCUT2D eigenvalue weighted by molar-refractivity contribution is 5.86. The fourth-order valence-corrected chi connectivity index (χ4v) is 1.46. The van der Waals surface area contributed by atoms with Gasteiger partial charge in [0.05, 0.1) is 6.04 Å². The van der Waals surface area contributed by atoms with Gasteiger partial charge in [0.15, 0.2) is 0 Å². The van der Waals surface area contributed by atoms with E-state index < -0.39 is 18.1 Å². The van der Waals surface area contributed by atoms with Crippen molar-refractivity contribution in [2.24, 2.45) is 5.73 Å². The number of carboxylic acids is 1. The molecule has 0 aliphatic heterocycles. The van der Waals surface area contributed by atoms with E-state index in [9.17, 15) is 9.59 Å². The Hall–Kier alpha value is -1.10. The molecule has 0 aliphatic carbocycles. The van der Waals surface area contributed by atoms with Crippen LogP contribution in [0.2, 0.25) is 0 Å². The van der Waals surface area contributed by atoms with E-state index in [-0.39, 0.29) is 5.91 Å². The number of carbonyl (C=O) groups excluding carboxylic acids is 1. The number of hydrogen-bond acceptors (Lipinski definition) is 3. The second-order valence-electron chi connectivity index (χ2n) is 3.61. The fourth-order valence-electron chi connectivity index (χ4n) is 1.46. The molecule has 0 saturated heterocycles. The van der Waals surface area contributed by atoms with Gasteiger partial charge in [0.1, 0.15) is 6.04 Å². The van der Waals surface area contributed by atoms with Gasteiger partial charge in [-0.1, -0.05) is 20.3 Å². The third-order valence-electron chi connectivity index (χ3n) is 2.40. The summed E-state index contributed by atoms with van der Waals surface area (Å²) in [7, 11) is 1.49. The van der Waals surface area contributed by atoms with Crippen LogP contribution in [0.25, 0.3) is 0 Å². The number of likely N-dealkylation sites (N-methyl/N-ethyl adjacent to an activating group) is 1. The van der Waals surface area contributed by atoms with Gasteiger partial charge in [0.25, 0.3) is 0 Å². The van der Waals surface area contributed by atoms with E-state index in [0.717, 1.165) is 6.42 Å². The van der Waals surface area contributed by atoms with E-state index >= 15 is 0 Å². The summed E-state index contributed by atoms with van der Waals surface area (Å²) < 4.78 is 0. The van der Waals surface area contributed by atoms with Gasteiger partial charge < -0.3 is 15.7 Å². The lowest BCUT2D eigenvalue weighted by Crippen LogP contribution is -2.49. The van der Waals surface area contributed by atoms with E-state index in [2.05, 4.69) is 0 Å². The summed E-state index contributed by atoms with van der Waals surface area (Å²) in [6.07, 6.45) is 1.78. The van der Waals surface area contributed by atoms with Gasteiger partial charge in [0, 0.05) is 7.05 Å². The van der Waals surface area contributed by atoms with Crippen LogP contribution in [-0.2, 0) is 9.59 Å². The molecule has 0 aromatic rings. The molecule has 2 unspecified atom stereocenters. The maximum absolute atomic E-state index is 11.7.